The van der Waals surface area contributed by atoms with Crippen LogP contribution in [0.5, 0.6) is 5.75 Å². The summed E-state index contributed by atoms with van der Waals surface area (Å²) in [6.07, 6.45) is 0.722. The molecule has 5 heteroatoms. The number of hydrogen-bond acceptors (Lipinski definition) is 4. The first-order chi connectivity index (χ1) is 8.23. The average molecular weight is 253 g/mol. The summed E-state index contributed by atoms with van der Waals surface area (Å²) in [4.78, 5) is 20.6. The zero-order chi connectivity index (χ0) is 14.3. The third-order valence-electron chi connectivity index (χ3n) is 1.95. The van der Waals surface area contributed by atoms with Crippen LogP contribution < -0.4 is 5.73 Å². The molecular weight excluding hydrogens is 234 g/mol. The minimum absolute atomic E-state index is 0.140. The number of benzene rings is 1. The van der Waals surface area contributed by atoms with E-state index in [0.717, 1.165) is 6.42 Å². The number of ketones is 1. The molecule has 0 aliphatic rings. The van der Waals surface area contributed by atoms with Crippen molar-refractivity contribution in [3.63, 3.8) is 0 Å². The minimum Gasteiger partial charge on any atom is -0.507 e. The summed E-state index contributed by atoms with van der Waals surface area (Å²) in [5, 5.41) is 17.5. The van der Waals surface area contributed by atoms with Crippen LogP contribution in [0, 0.1) is 5.92 Å². The largest absolute Gasteiger partial charge is 0.507 e. The van der Waals surface area contributed by atoms with E-state index >= 15 is 0 Å². The van der Waals surface area contributed by atoms with Gasteiger partial charge in [-0.05, 0) is 25.0 Å². The quantitative estimate of drug-likeness (QED) is 0.717. The number of rotatable bonds is 3. The molecule has 100 valence electrons. The number of nitrogens with two attached hydrogens (primary N) is 1. The van der Waals surface area contributed by atoms with E-state index in [1.165, 1.54) is 18.2 Å². The minimum atomic E-state index is -1.16. The van der Waals surface area contributed by atoms with Crippen molar-refractivity contribution in [1.29, 1.82) is 0 Å². The summed E-state index contributed by atoms with van der Waals surface area (Å²) >= 11 is 0. The van der Waals surface area contributed by atoms with Gasteiger partial charge in [-0.15, -0.1) is 0 Å². The SMILES string of the molecule is CC(=O)CC(C)C.Nc1ccc(C(=O)O)c(O)c1. The van der Waals surface area contributed by atoms with Gasteiger partial charge in [0.1, 0.15) is 17.1 Å². The number of carboxylic acids is 1. The van der Waals surface area contributed by atoms with Gasteiger partial charge in [0.2, 0.25) is 0 Å². The van der Waals surface area contributed by atoms with Gasteiger partial charge in [0.25, 0.3) is 0 Å². The maximum atomic E-state index is 10.3. The summed E-state index contributed by atoms with van der Waals surface area (Å²) in [5.41, 5.74) is 5.48. The van der Waals surface area contributed by atoms with Gasteiger partial charge in [-0.1, -0.05) is 13.8 Å². The van der Waals surface area contributed by atoms with Crippen LogP contribution in [0.3, 0.4) is 0 Å². The maximum Gasteiger partial charge on any atom is 0.339 e. The van der Waals surface area contributed by atoms with Crippen molar-refractivity contribution in [3.05, 3.63) is 23.8 Å². The normalized spacial score (nSPS) is 9.56. The predicted octanol–water partition coefficient (Wildman–Crippen LogP) is 2.29. The van der Waals surface area contributed by atoms with E-state index in [4.69, 9.17) is 15.9 Å². The fourth-order valence-corrected chi connectivity index (χ4v) is 1.30. The van der Waals surface area contributed by atoms with Gasteiger partial charge in [-0.25, -0.2) is 4.79 Å². The summed E-state index contributed by atoms with van der Waals surface area (Å²) in [7, 11) is 0. The third-order valence-corrected chi connectivity index (χ3v) is 1.95. The fourth-order valence-electron chi connectivity index (χ4n) is 1.30. The first-order valence-corrected chi connectivity index (χ1v) is 5.55. The summed E-state index contributed by atoms with van der Waals surface area (Å²) in [6, 6.07) is 3.87. The molecule has 0 saturated heterocycles. The third kappa shape index (κ3) is 6.52. The average Bonchev–Trinajstić information content (AvgIpc) is 2.14. The van der Waals surface area contributed by atoms with E-state index in [9.17, 15) is 9.59 Å². The summed E-state index contributed by atoms with van der Waals surface area (Å²) < 4.78 is 0. The topological polar surface area (TPSA) is 101 Å². The Balaban J connectivity index is 0.000000360. The predicted molar refractivity (Wildman–Crippen MR) is 69.6 cm³/mol. The second-order valence-corrected chi connectivity index (χ2v) is 4.38. The number of aromatic hydroxyl groups is 1. The Bertz CT molecular complexity index is 427. The molecule has 0 unspecified atom stereocenters. The van der Waals surface area contributed by atoms with Crippen molar-refractivity contribution in [2.24, 2.45) is 5.92 Å². The van der Waals surface area contributed by atoms with Crippen molar-refractivity contribution in [1.82, 2.24) is 0 Å². The van der Waals surface area contributed by atoms with Gasteiger partial charge >= 0.3 is 5.97 Å². The Morgan fingerprint density at radius 2 is 1.89 bits per heavy atom. The molecule has 0 aromatic heterocycles. The molecule has 0 atom stereocenters. The molecule has 1 aromatic carbocycles. The number of Topliss-reactive ketones (excluding diaryl/α,β-unsaturated/α-hetero) is 1. The Morgan fingerprint density at radius 3 is 2.17 bits per heavy atom. The number of carbonyl (C=O) groups excluding carboxylic acids is 1. The Hall–Kier alpha value is -2.04. The second-order valence-electron chi connectivity index (χ2n) is 4.38. The number of nitrogen functional groups attached to an aromatic ring is 1. The molecule has 0 radical (unpaired) electrons. The van der Waals surface area contributed by atoms with E-state index in [0.29, 0.717) is 11.6 Å². The monoisotopic (exact) mass is 253 g/mol. The lowest BCUT2D eigenvalue weighted by Crippen LogP contribution is -1.97. The highest BCUT2D eigenvalue weighted by Gasteiger charge is 2.07. The lowest BCUT2D eigenvalue weighted by Gasteiger charge is -1.98. The van der Waals surface area contributed by atoms with Gasteiger partial charge in [-0.2, -0.15) is 0 Å². The molecular formula is C13H19NO4. The Kier molecular flexibility index (Phi) is 6.49. The van der Waals surface area contributed by atoms with Crippen molar-refractivity contribution >= 4 is 17.4 Å². The van der Waals surface area contributed by atoms with Gasteiger partial charge in [0.15, 0.2) is 0 Å². The van der Waals surface area contributed by atoms with Crippen LogP contribution in [-0.4, -0.2) is 22.0 Å². The molecule has 0 bridgehead atoms. The fraction of sp³-hybridized carbons (Fsp3) is 0.385. The standard InChI is InChI=1S/C7H7NO3.C6H12O/c8-4-1-2-5(7(10)11)6(9)3-4;1-5(2)4-6(3)7/h1-3,9H,8H2,(H,10,11);5H,4H2,1-3H3. The number of phenols is 1. The van der Waals surface area contributed by atoms with E-state index < -0.39 is 5.97 Å². The Morgan fingerprint density at radius 1 is 1.33 bits per heavy atom. The molecule has 0 fully saturated rings. The molecule has 4 N–H and O–H groups in total. The highest BCUT2D eigenvalue weighted by Crippen LogP contribution is 2.19. The van der Waals surface area contributed by atoms with E-state index in [2.05, 4.69) is 0 Å². The molecule has 0 heterocycles. The van der Waals surface area contributed by atoms with Crippen molar-refractivity contribution in [3.8, 4) is 5.75 Å². The lowest BCUT2D eigenvalue weighted by molar-refractivity contribution is -0.117. The summed E-state index contributed by atoms with van der Waals surface area (Å²) in [6.45, 7) is 5.71. The highest BCUT2D eigenvalue weighted by molar-refractivity contribution is 5.91. The van der Waals surface area contributed by atoms with Crippen molar-refractivity contribution < 1.29 is 19.8 Å². The van der Waals surface area contributed by atoms with E-state index in [1.54, 1.807) is 6.92 Å². The van der Waals surface area contributed by atoms with Crippen molar-refractivity contribution in [2.75, 3.05) is 5.73 Å². The van der Waals surface area contributed by atoms with Gasteiger partial charge < -0.3 is 20.7 Å². The zero-order valence-corrected chi connectivity index (χ0v) is 10.8. The molecule has 0 spiro atoms. The molecule has 0 amide bonds. The van der Waals surface area contributed by atoms with Crippen LogP contribution >= 0.6 is 0 Å². The van der Waals surface area contributed by atoms with Crippen molar-refractivity contribution in [2.45, 2.75) is 27.2 Å². The number of anilines is 1. The molecule has 1 aromatic rings. The second kappa shape index (κ2) is 7.32. The van der Waals surface area contributed by atoms with Crippen LogP contribution in [-0.2, 0) is 4.79 Å². The zero-order valence-electron chi connectivity index (χ0n) is 10.8. The van der Waals surface area contributed by atoms with Crippen LogP contribution in [0.15, 0.2) is 18.2 Å². The number of hydrogen-bond donors (Lipinski definition) is 3. The van der Waals surface area contributed by atoms with Crippen LogP contribution in [0.1, 0.15) is 37.6 Å². The molecule has 0 aliphatic heterocycles. The molecule has 1 rings (SSSR count). The number of carbonyl (C=O) groups is 2. The van der Waals surface area contributed by atoms with E-state index in [-0.39, 0.29) is 17.1 Å². The molecule has 18 heavy (non-hydrogen) atoms. The summed E-state index contributed by atoms with van der Waals surface area (Å²) in [5.74, 6) is -0.660. The highest BCUT2D eigenvalue weighted by atomic mass is 16.4. The number of aromatic carboxylic acids is 1. The lowest BCUT2D eigenvalue weighted by atomic mass is 10.1. The van der Waals surface area contributed by atoms with Crippen LogP contribution in [0.2, 0.25) is 0 Å². The first-order valence-electron chi connectivity index (χ1n) is 5.55. The van der Waals surface area contributed by atoms with Gasteiger partial charge in [0, 0.05) is 18.2 Å². The van der Waals surface area contributed by atoms with Gasteiger partial charge in [0.05, 0.1) is 0 Å². The van der Waals surface area contributed by atoms with Crippen LogP contribution in [0.25, 0.3) is 0 Å². The molecule has 0 aliphatic carbocycles. The maximum absolute atomic E-state index is 10.3. The Labute approximate surface area is 106 Å². The van der Waals surface area contributed by atoms with E-state index in [1.807, 2.05) is 13.8 Å². The smallest absolute Gasteiger partial charge is 0.339 e. The van der Waals surface area contributed by atoms with Gasteiger partial charge in [-0.3, -0.25) is 0 Å². The van der Waals surface area contributed by atoms with Crippen LogP contribution in [0.4, 0.5) is 5.69 Å². The molecule has 0 saturated carbocycles. The number of carboxylic acid groups (broad SMARTS) is 1. The first kappa shape index (κ1) is 16.0. The molecule has 5 nitrogen and oxygen atoms in total.